The van der Waals surface area contributed by atoms with Gasteiger partial charge in [-0.15, -0.1) is 0 Å². The molecule has 1 N–H and O–H groups in total. The van der Waals surface area contributed by atoms with E-state index in [2.05, 4.69) is 0 Å². The average molecular weight is 605 g/mol. The summed E-state index contributed by atoms with van der Waals surface area (Å²) in [6.45, 7) is 0.225. The van der Waals surface area contributed by atoms with Crippen molar-refractivity contribution < 1.29 is 37.5 Å². The summed E-state index contributed by atoms with van der Waals surface area (Å²) in [5.41, 5.74) is 3.60. The first-order valence-corrected chi connectivity index (χ1v) is 15.8. The van der Waals surface area contributed by atoms with Crippen LogP contribution in [-0.4, -0.2) is 42.7 Å². The van der Waals surface area contributed by atoms with Crippen LogP contribution in [0.25, 0.3) is 0 Å². The summed E-state index contributed by atoms with van der Waals surface area (Å²) in [5.74, 6) is 0. The predicted molar refractivity (Wildman–Crippen MR) is 162 cm³/mol. The van der Waals surface area contributed by atoms with Crippen molar-refractivity contribution in [2.75, 3.05) is 13.2 Å². The fourth-order valence-electron chi connectivity index (χ4n) is 4.75. The van der Waals surface area contributed by atoms with E-state index >= 15 is 0 Å². The smallest absolute Gasteiger partial charge is 0.394 e. The highest BCUT2D eigenvalue weighted by molar-refractivity contribution is 7.48. The van der Waals surface area contributed by atoms with Crippen molar-refractivity contribution in [3.63, 3.8) is 0 Å². The lowest BCUT2D eigenvalue weighted by Crippen LogP contribution is -2.39. The van der Waals surface area contributed by atoms with E-state index < -0.39 is 32.2 Å². The van der Waals surface area contributed by atoms with Crippen LogP contribution < -0.4 is 0 Å². The van der Waals surface area contributed by atoms with Crippen LogP contribution in [0.15, 0.2) is 121 Å². The third kappa shape index (κ3) is 9.41. The summed E-state index contributed by atoms with van der Waals surface area (Å²) < 4.78 is 50.2. The molecule has 0 aliphatic carbocycles. The summed E-state index contributed by atoms with van der Waals surface area (Å²) >= 11 is 0. The quantitative estimate of drug-likeness (QED) is 0.146. The third-order valence-corrected chi connectivity index (χ3v) is 8.37. The summed E-state index contributed by atoms with van der Waals surface area (Å²) in [5, 5.41) is 10.2. The number of hydrogen-bond acceptors (Lipinski definition) is 8. The van der Waals surface area contributed by atoms with Gasteiger partial charge in [-0.3, -0.25) is 13.6 Å². The van der Waals surface area contributed by atoms with Gasteiger partial charge in [0.1, 0.15) is 24.4 Å². The van der Waals surface area contributed by atoms with Crippen LogP contribution in [0, 0.1) is 0 Å². The Morgan fingerprint density at radius 3 is 1.30 bits per heavy atom. The van der Waals surface area contributed by atoms with Crippen molar-refractivity contribution in [2.24, 2.45) is 0 Å². The maximum Gasteiger partial charge on any atom is 0.475 e. The largest absolute Gasteiger partial charge is 0.475 e. The number of benzene rings is 4. The molecule has 0 radical (unpaired) electrons. The molecule has 4 aromatic carbocycles. The molecule has 43 heavy (non-hydrogen) atoms. The molecule has 1 saturated heterocycles. The molecule has 1 aliphatic rings. The molecular formula is C34H37O8P. The summed E-state index contributed by atoms with van der Waals surface area (Å²) in [6, 6.07) is 38.3. The Kier molecular flexibility index (Phi) is 11.7. The number of aliphatic hydroxyl groups excluding tert-OH is 1. The molecule has 1 fully saturated rings. The van der Waals surface area contributed by atoms with Gasteiger partial charge >= 0.3 is 7.82 Å². The molecule has 1 heterocycles. The maximum absolute atomic E-state index is 13.9. The summed E-state index contributed by atoms with van der Waals surface area (Å²) in [6.07, 6.45) is -2.61. The molecule has 0 bridgehead atoms. The molecule has 4 aromatic rings. The second-order valence-corrected chi connectivity index (χ2v) is 11.8. The van der Waals surface area contributed by atoms with Gasteiger partial charge in [0.25, 0.3) is 0 Å². The molecule has 0 aromatic heterocycles. The van der Waals surface area contributed by atoms with E-state index in [1.54, 1.807) is 0 Å². The van der Waals surface area contributed by atoms with Gasteiger partial charge in [0.05, 0.1) is 39.6 Å². The molecular weight excluding hydrogens is 567 g/mol. The number of aliphatic hydroxyl groups is 1. The molecule has 0 unspecified atom stereocenters. The minimum Gasteiger partial charge on any atom is -0.394 e. The van der Waals surface area contributed by atoms with E-state index in [0.29, 0.717) is 13.2 Å². The van der Waals surface area contributed by atoms with Gasteiger partial charge in [0.15, 0.2) is 0 Å². The highest BCUT2D eigenvalue weighted by Crippen LogP contribution is 2.51. The topological polar surface area (TPSA) is 92.7 Å². The lowest BCUT2D eigenvalue weighted by Gasteiger charge is -2.26. The van der Waals surface area contributed by atoms with Crippen molar-refractivity contribution in [3.8, 4) is 0 Å². The van der Waals surface area contributed by atoms with Gasteiger partial charge in [-0.1, -0.05) is 121 Å². The predicted octanol–water partition coefficient (Wildman–Crippen LogP) is 6.48. The zero-order valence-corrected chi connectivity index (χ0v) is 24.7. The SMILES string of the molecule is O=P(OCc1ccccc1)(OCc1ccccc1)OC[C@H]1O[C@@H](CO)[C@@H](OCc2ccccc2)[C@@H]1OCc1ccccc1. The third-order valence-electron chi connectivity index (χ3n) is 7.02. The highest BCUT2D eigenvalue weighted by Gasteiger charge is 2.47. The summed E-state index contributed by atoms with van der Waals surface area (Å²) in [4.78, 5) is 0. The molecule has 0 saturated carbocycles. The van der Waals surface area contributed by atoms with Crippen LogP contribution in [0.2, 0.25) is 0 Å². The Morgan fingerprint density at radius 2 is 0.907 bits per heavy atom. The van der Waals surface area contributed by atoms with E-state index in [1.165, 1.54) is 0 Å². The second kappa shape index (κ2) is 16.1. The Hall–Kier alpha value is -3.17. The van der Waals surface area contributed by atoms with Crippen LogP contribution >= 0.6 is 7.82 Å². The van der Waals surface area contributed by atoms with Gasteiger partial charge in [0.2, 0.25) is 0 Å². The van der Waals surface area contributed by atoms with Gasteiger partial charge < -0.3 is 19.3 Å². The first-order valence-electron chi connectivity index (χ1n) is 14.3. The van der Waals surface area contributed by atoms with Gasteiger partial charge in [0, 0.05) is 0 Å². The zero-order valence-electron chi connectivity index (χ0n) is 23.9. The van der Waals surface area contributed by atoms with E-state index in [-0.39, 0.29) is 26.4 Å². The molecule has 0 spiro atoms. The van der Waals surface area contributed by atoms with Crippen LogP contribution in [0.5, 0.6) is 0 Å². The van der Waals surface area contributed by atoms with Gasteiger partial charge in [-0.05, 0) is 22.3 Å². The first-order chi connectivity index (χ1) is 21.1. The number of hydrogen-bond donors (Lipinski definition) is 1. The first kappa shape index (κ1) is 31.3. The zero-order chi connectivity index (χ0) is 29.7. The fraction of sp³-hybridized carbons (Fsp3) is 0.294. The number of phosphoric acid groups is 1. The molecule has 0 amide bonds. The average Bonchev–Trinajstić information content (AvgIpc) is 3.42. The minimum absolute atomic E-state index is 0.0362. The van der Waals surface area contributed by atoms with Crippen molar-refractivity contribution >= 4 is 7.82 Å². The van der Waals surface area contributed by atoms with Crippen molar-refractivity contribution in [1.29, 1.82) is 0 Å². The Morgan fingerprint density at radius 1 is 0.535 bits per heavy atom. The van der Waals surface area contributed by atoms with Crippen LogP contribution in [-0.2, 0) is 58.8 Å². The minimum atomic E-state index is -4.06. The standard InChI is InChI=1S/C34H37O8P/c35-21-31-33(37-22-27-13-5-1-6-14-27)34(38-23-28-15-7-2-8-16-28)32(42-31)26-41-43(36,39-24-29-17-9-3-10-18-29)40-25-30-19-11-4-12-20-30/h1-20,31-35H,21-26H2/t31-,32+,33+,34+/m0/s1. The van der Waals surface area contributed by atoms with E-state index in [1.807, 2.05) is 121 Å². The molecule has 226 valence electrons. The Balaban J connectivity index is 1.30. The molecule has 8 nitrogen and oxygen atoms in total. The molecule has 4 atom stereocenters. The lowest BCUT2D eigenvalue weighted by molar-refractivity contribution is -0.0857. The Labute approximate surface area is 252 Å². The number of phosphoric ester groups is 1. The summed E-state index contributed by atoms with van der Waals surface area (Å²) in [7, 11) is -4.06. The van der Waals surface area contributed by atoms with Gasteiger partial charge in [-0.2, -0.15) is 0 Å². The molecule has 9 heteroatoms. The van der Waals surface area contributed by atoms with Crippen LogP contribution in [0.1, 0.15) is 22.3 Å². The van der Waals surface area contributed by atoms with Crippen molar-refractivity contribution in [3.05, 3.63) is 144 Å². The van der Waals surface area contributed by atoms with E-state index in [4.69, 9.17) is 27.8 Å². The fourth-order valence-corrected chi connectivity index (χ4v) is 5.92. The number of rotatable bonds is 16. The lowest BCUT2D eigenvalue weighted by atomic mass is 10.1. The van der Waals surface area contributed by atoms with Crippen molar-refractivity contribution in [2.45, 2.75) is 50.8 Å². The maximum atomic E-state index is 13.9. The van der Waals surface area contributed by atoms with Gasteiger partial charge in [-0.25, -0.2) is 4.57 Å². The highest BCUT2D eigenvalue weighted by atomic mass is 31.2. The van der Waals surface area contributed by atoms with Crippen molar-refractivity contribution in [1.82, 2.24) is 0 Å². The van der Waals surface area contributed by atoms with Crippen LogP contribution in [0.4, 0.5) is 0 Å². The van der Waals surface area contributed by atoms with E-state index in [0.717, 1.165) is 22.3 Å². The normalized spacial score (nSPS) is 20.3. The Bertz CT molecular complexity index is 1340. The van der Waals surface area contributed by atoms with Crippen LogP contribution in [0.3, 0.4) is 0 Å². The number of ether oxygens (including phenoxy) is 3. The molecule has 1 aliphatic heterocycles. The monoisotopic (exact) mass is 604 g/mol. The van der Waals surface area contributed by atoms with E-state index in [9.17, 15) is 9.67 Å². The second-order valence-electron chi connectivity index (χ2n) is 10.2. The molecule has 5 rings (SSSR count).